The van der Waals surface area contributed by atoms with Crippen molar-refractivity contribution in [2.45, 2.75) is 13.5 Å². The van der Waals surface area contributed by atoms with E-state index in [1.807, 2.05) is 31.2 Å². The predicted molar refractivity (Wildman–Crippen MR) is 80.5 cm³/mol. The average molecular weight is 303 g/mol. The lowest BCUT2D eigenvalue weighted by Gasteiger charge is -2.09. The topological polar surface area (TPSA) is 77.8 Å². The summed E-state index contributed by atoms with van der Waals surface area (Å²) in [5.74, 6) is -0.237. The first-order valence-electron chi connectivity index (χ1n) is 6.80. The van der Waals surface area contributed by atoms with Gasteiger partial charge in [0.25, 0.3) is 5.56 Å². The fourth-order valence-electron chi connectivity index (χ4n) is 1.91. The van der Waals surface area contributed by atoms with Crippen LogP contribution in [0.25, 0.3) is 0 Å². The Bertz CT molecular complexity index is 708. The summed E-state index contributed by atoms with van der Waals surface area (Å²) in [5, 5.41) is 8.72. The van der Waals surface area contributed by atoms with Crippen molar-refractivity contribution < 1.29 is 19.4 Å². The maximum Gasteiger partial charge on any atom is 0.323 e. The average Bonchev–Trinajstić information content (AvgIpc) is 2.47. The number of aromatic nitrogens is 1. The van der Waals surface area contributed by atoms with E-state index in [1.165, 1.54) is 12.3 Å². The monoisotopic (exact) mass is 303 g/mol. The summed E-state index contributed by atoms with van der Waals surface area (Å²) in [6.45, 7) is 2.06. The number of rotatable bonds is 7. The second kappa shape index (κ2) is 7.31. The maximum absolute atomic E-state index is 11.9. The largest absolute Gasteiger partial charge is 0.490 e. The smallest absolute Gasteiger partial charge is 0.323 e. The third-order valence-electron chi connectivity index (χ3n) is 2.89. The quantitative estimate of drug-likeness (QED) is 0.788. The van der Waals surface area contributed by atoms with Crippen LogP contribution in [0, 0.1) is 6.92 Å². The van der Waals surface area contributed by atoms with E-state index in [9.17, 15) is 9.59 Å². The molecule has 0 amide bonds. The fourth-order valence-corrected chi connectivity index (χ4v) is 1.91. The lowest BCUT2D eigenvalue weighted by molar-refractivity contribution is -0.137. The summed E-state index contributed by atoms with van der Waals surface area (Å²) in [7, 11) is 0. The maximum atomic E-state index is 11.9. The lowest BCUT2D eigenvalue weighted by atomic mass is 10.2. The molecule has 0 aliphatic rings. The number of ether oxygens (including phenoxy) is 2. The van der Waals surface area contributed by atoms with E-state index < -0.39 is 18.1 Å². The van der Waals surface area contributed by atoms with Gasteiger partial charge in [-0.3, -0.25) is 9.59 Å². The van der Waals surface area contributed by atoms with Gasteiger partial charge in [0.05, 0.1) is 0 Å². The third kappa shape index (κ3) is 4.37. The van der Waals surface area contributed by atoms with Crippen LogP contribution in [-0.4, -0.2) is 28.9 Å². The van der Waals surface area contributed by atoms with E-state index in [0.29, 0.717) is 0 Å². The minimum Gasteiger partial charge on any atom is -0.490 e. The molecule has 0 radical (unpaired) electrons. The predicted octanol–water partition coefficient (Wildman–Crippen LogP) is 1.70. The van der Waals surface area contributed by atoms with Crippen LogP contribution in [0.1, 0.15) is 5.56 Å². The number of carboxylic acid groups (broad SMARTS) is 1. The summed E-state index contributed by atoms with van der Waals surface area (Å²) in [6, 6.07) is 10.7. The summed E-state index contributed by atoms with van der Waals surface area (Å²) in [5.41, 5.74) is 0.624. The summed E-state index contributed by atoms with van der Waals surface area (Å²) in [6.07, 6.45) is 1.41. The van der Waals surface area contributed by atoms with E-state index in [2.05, 4.69) is 0 Å². The molecule has 0 atom stereocenters. The standard InChI is InChI=1S/C16H17NO5/c1-12-4-2-5-13(10-12)21-8-9-22-14-6-3-7-17(16(14)20)11-15(18)19/h2-7,10H,8-9,11H2,1H3,(H,18,19). The molecule has 0 fully saturated rings. The highest BCUT2D eigenvalue weighted by Crippen LogP contribution is 2.12. The summed E-state index contributed by atoms with van der Waals surface area (Å²) < 4.78 is 12.0. The van der Waals surface area contributed by atoms with Gasteiger partial charge in [0.1, 0.15) is 25.5 Å². The Kier molecular flexibility index (Phi) is 5.19. The van der Waals surface area contributed by atoms with Crippen LogP contribution in [-0.2, 0) is 11.3 Å². The molecular formula is C16H17NO5. The van der Waals surface area contributed by atoms with Crippen LogP contribution in [0.15, 0.2) is 47.4 Å². The summed E-state index contributed by atoms with van der Waals surface area (Å²) in [4.78, 5) is 22.6. The molecule has 22 heavy (non-hydrogen) atoms. The van der Waals surface area contributed by atoms with E-state index in [0.717, 1.165) is 15.9 Å². The molecule has 1 aromatic carbocycles. The molecule has 6 heteroatoms. The number of nitrogens with zero attached hydrogens (tertiary/aromatic N) is 1. The van der Waals surface area contributed by atoms with Gasteiger partial charge in [-0.15, -0.1) is 0 Å². The van der Waals surface area contributed by atoms with Gasteiger partial charge < -0.3 is 19.1 Å². The SMILES string of the molecule is Cc1cccc(OCCOc2cccn(CC(=O)O)c2=O)c1. The molecule has 2 aromatic rings. The van der Waals surface area contributed by atoms with Crippen molar-refractivity contribution in [3.05, 3.63) is 58.5 Å². The van der Waals surface area contributed by atoms with Gasteiger partial charge in [0.2, 0.25) is 0 Å². The van der Waals surface area contributed by atoms with Crippen molar-refractivity contribution in [3.8, 4) is 11.5 Å². The molecular weight excluding hydrogens is 286 g/mol. The van der Waals surface area contributed by atoms with Crippen LogP contribution in [0.3, 0.4) is 0 Å². The van der Waals surface area contributed by atoms with Crippen LogP contribution in [0.2, 0.25) is 0 Å². The molecule has 2 rings (SSSR count). The van der Waals surface area contributed by atoms with Crippen LogP contribution >= 0.6 is 0 Å². The number of aliphatic carboxylic acids is 1. The van der Waals surface area contributed by atoms with Crippen molar-refractivity contribution >= 4 is 5.97 Å². The van der Waals surface area contributed by atoms with Gasteiger partial charge in [-0.2, -0.15) is 0 Å². The highest BCUT2D eigenvalue weighted by atomic mass is 16.5. The van der Waals surface area contributed by atoms with Crippen molar-refractivity contribution in [3.63, 3.8) is 0 Å². The molecule has 0 aliphatic carbocycles. The number of pyridine rings is 1. The van der Waals surface area contributed by atoms with Crippen molar-refractivity contribution in [1.82, 2.24) is 4.57 Å². The molecule has 0 aliphatic heterocycles. The first-order chi connectivity index (χ1) is 10.6. The molecule has 0 unspecified atom stereocenters. The van der Waals surface area contributed by atoms with Gasteiger partial charge in [-0.1, -0.05) is 12.1 Å². The number of carboxylic acids is 1. The van der Waals surface area contributed by atoms with Crippen LogP contribution in [0.4, 0.5) is 0 Å². The number of carbonyl (C=O) groups is 1. The Morgan fingerprint density at radius 1 is 1.18 bits per heavy atom. The zero-order chi connectivity index (χ0) is 15.9. The van der Waals surface area contributed by atoms with Gasteiger partial charge in [0, 0.05) is 6.20 Å². The van der Waals surface area contributed by atoms with E-state index in [-0.39, 0.29) is 19.0 Å². The molecule has 6 nitrogen and oxygen atoms in total. The molecule has 116 valence electrons. The highest BCUT2D eigenvalue weighted by Gasteiger charge is 2.07. The van der Waals surface area contributed by atoms with Gasteiger partial charge >= 0.3 is 5.97 Å². The van der Waals surface area contributed by atoms with Gasteiger partial charge in [0.15, 0.2) is 5.75 Å². The Labute approximate surface area is 127 Å². The van der Waals surface area contributed by atoms with Crippen molar-refractivity contribution in [2.75, 3.05) is 13.2 Å². The second-order valence-electron chi connectivity index (χ2n) is 4.71. The molecule has 1 aromatic heterocycles. The van der Waals surface area contributed by atoms with Crippen LogP contribution in [0.5, 0.6) is 11.5 Å². The number of hydrogen-bond acceptors (Lipinski definition) is 4. The second-order valence-corrected chi connectivity index (χ2v) is 4.71. The zero-order valence-corrected chi connectivity index (χ0v) is 12.2. The number of hydrogen-bond donors (Lipinski definition) is 1. The summed E-state index contributed by atoms with van der Waals surface area (Å²) >= 11 is 0. The zero-order valence-electron chi connectivity index (χ0n) is 12.2. The molecule has 1 heterocycles. The Balaban J connectivity index is 1.89. The Morgan fingerprint density at radius 2 is 1.95 bits per heavy atom. The van der Waals surface area contributed by atoms with E-state index in [4.69, 9.17) is 14.6 Å². The fraction of sp³-hybridized carbons (Fsp3) is 0.250. The minimum absolute atomic E-state index is 0.108. The van der Waals surface area contributed by atoms with Crippen molar-refractivity contribution in [2.24, 2.45) is 0 Å². The molecule has 0 saturated carbocycles. The van der Waals surface area contributed by atoms with Crippen LogP contribution < -0.4 is 15.0 Å². The highest BCUT2D eigenvalue weighted by molar-refractivity contribution is 5.66. The van der Waals surface area contributed by atoms with E-state index in [1.54, 1.807) is 6.07 Å². The Hall–Kier alpha value is -2.76. The minimum atomic E-state index is -1.08. The lowest BCUT2D eigenvalue weighted by Crippen LogP contribution is -2.25. The van der Waals surface area contributed by atoms with Crippen molar-refractivity contribution in [1.29, 1.82) is 0 Å². The molecule has 1 N–H and O–H groups in total. The molecule has 0 bridgehead atoms. The molecule has 0 saturated heterocycles. The number of aryl methyl sites for hydroxylation is 1. The van der Waals surface area contributed by atoms with Gasteiger partial charge in [-0.05, 0) is 36.8 Å². The normalized spacial score (nSPS) is 10.2. The first-order valence-corrected chi connectivity index (χ1v) is 6.80. The number of benzene rings is 1. The van der Waals surface area contributed by atoms with E-state index >= 15 is 0 Å². The Morgan fingerprint density at radius 3 is 2.68 bits per heavy atom. The van der Waals surface area contributed by atoms with Gasteiger partial charge in [-0.25, -0.2) is 0 Å². The molecule has 0 spiro atoms. The third-order valence-corrected chi connectivity index (χ3v) is 2.89. The first kappa shape index (κ1) is 15.6.